The first kappa shape index (κ1) is 22.0. The van der Waals surface area contributed by atoms with Gasteiger partial charge in [-0.2, -0.15) is 0 Å². The van der Waals surface area contributed by atoms with Crippen LogP contribution in [0.3, 0.4) is 0 Å². The maximum atomic E-state index is 13.1. The van der Waals surface area contributed by atoms with E-state index in [0.717, 1.165) is 17.5 Å². The van der Waals surface area contributed by atoms with Crippen LogP contribution >= 0.6 is 11.6 Å². The molecule has 0 aliphatic rings. The Labute approximate surface area is 172 Å². The third-order valence-electron chi connectivity index (χ3n) is 4.59. The molecule has 0 spiro atoms. The summed E-state index contributed by atoms with van der Waals surface area (Å²) in [6, 6.07) is 16.2. The Morgan fingerprint density at radius 1 is 1.04 bits per heavy atom. The minimum atomic E-state index is -0.670. The molecule has 0 aromatic heterocycles. The molecule has 0 bridgehead atoms. The third kappa shape index (κ3) is 6.38. The Hall–Kier alpha value is -2.33. The van der Waals surface area contributed by atoms with Crippen molar-refractivity contribution in [2.45, 2.75) is 46.2 Å². The van der Waals surface area contributed by atoms with Crippen molar-refractivity contribution >= 4 is 23.4 Å². The predicted molar refractivity (Wildman–Crippen MR) is 114 cm³/mol. The molecule has 0 heterocycles. The first-order valence-electron chi connectivity index (χ1n) is 9.79. The molecule has 0 saturated heterocycles. The van der Waals surface area contributed by atoms with Crippen LogP contribution in [0.5, 0.6) is 0 Å². The molecule has 0 aliphatic carbocycles. The fourth-order valence-electron chi connectivity index (χ4n) is 3.00. The molecular formula is C23H29ClN2O2. The zero-order valence-corrected chi connectivity index (χ0v) is 17.6. The van der Waals surface area contributed by atoms with Crippen LogP contribution in [0.2, 0.25) is 5.02 Å². The van der Waals surface area contributed by atoms with Crippen molar-refractivity contribution in [2.75, 3.05) is 6.54 Å². The van der Waals surface area contributed by atoms with E-state index in [1.165, 1.54) is 0 Å². The topological polar surface area (TPSA) is 49.4 Å². The van der Waals surface area contributed by atoms with E-state index < -0.39 is 6.04 Å². The van der Waals surface area contributed by atoms with Crippen LogP contribution in [0.1, 0.15) is 50.8 Å². The molecule has 0 aliphatic heterocycles. The van der Waals surface area contributed by atoms with Crippen molar-refractivity contribution in [2.24, 2.45) is 5.92 Å². The zero-order valence-electron chi connectivity index (χ0n) is 16.8. The minimum Gasteiger partial charge on any atom is -0.354 e. The Balaban J connectivity index is 2.33. The number of benzene rings is 2. The highest BCUT2D eigenvalue weighted by Crippen LogP contribution is 2.25. The number of amides is 2. The van der Waals surface area contributed by atoms with Crippen LogP contribution in [0.4, 0.5) is 0 Å². The van der Waals surface area contributed by atoms with Gasteiger partial charge in [-0.1, -0.05) is 74.8 Å². The number of carbonyl (C=O) groups is 2. The molecule has 2 rings (SSSR count). The second-order valence-electron chi connectivity index (χ2n) is 7.29. The molecule has 1 unspecified atom stereocenters. The summed E-state index contributed by atoms with van der Waals surface area (Å²) >= 11 is 5.98. The third-order valence-corrected chi connectivity index (χ3v) is 4.84. The Morgan fingerprint density at radius 3 is 2.25 bits per heavy atom. The van der Waals surface area contributed by atoms with E-state index in [4.69, 9.17) is 11.6 Å². The van der Waals surface area contributed by atoms with Crippen LogP contribution in [0.25, 0.3) is 0 Å². The van der Waals surface area contributed by atoms with E-state index in [-0.39, 0.29) is 11.8 Å². The van der Waals surface area contributed by atoms with Crippen molar-refractivity contribution in [3.05, 3.63) is 70.7 Å². The van der Waals surface area contributed by atoms with E-state index in [1.54, 1.807) is 17.0 Å². The zero-order chi connectivity index (χ0) is 20.5. The lowest BCUT2D eigenvalue weighted by Crippen LogP contribution is -2.43. The summed E-state index contributed by atoms with van der Waals surface area (Å²) in [4.78, 5) is 27.6. The molecule has 2 aromatic carbocycles. The van der Waals surface area contributed by atoms with Crippen molar-refractivity contribution in [1.29, 1.82) is 0 Å². The molecular weight excluding hydrogens is 372 g/mol. The highest BCUT2D eigenvalue weighted by Gasteiger charge is 2.30. The summed E-state index contributed by atoms with van der Waals surface area (Å²) in [5.74, 6) is 0.281. The van der Waals surface area contributed by atoms with Crippen LogP contribution in [-0.4, -0.2) is 23.3 Å². The molecule has 0 saturated carbocycles. The van der Waals surface area contributed by atoms with E-state index in [9.17, 15) is 9.59 Å². The number of nitrogens with one attached hydrogen (secondary N) is 1. The Morgan fingerprint density at radius 2 is 1.68 bits per heavy atom. The summed E-state index contributed by atoms with van der Waals surface area (Å²) in [5.41, 5.74) is 1.74. The lowest BCUT2D eigenvalue weighted by Gasteiger charge is -2.31. The van der Waals surface area contributed by atoms with Gasteiger partial charge in [-0.25, -0.2) is 0 Å². The number of halogens is 1. The number of carbonyl (C=O) groups excluding carboxylic acids is 2. The molecule has 2 aromatic rings. The van der Waals surface area contributed by atoms with Gasteiger partial charge in [0.25, 0.3) is 0 Å². The van der Waals surface area contributed by atoms with Gasteiger partial charge < -0.3 is 10.2 Å². The van der Waals surface area contributed by atoms with Crippen molar-refractivity contribution < 1.29 is 9.59 Å². The van der Waals surface area contributed by atoms with Crippen molar-refractivity contribution in [3.8, 4) is 0 Å². The average molecular weight is 401 g/mol. The normalized spacial score (nSPS) is 11.9. The van der Waals surface area contributed by atoms with Gasteiger partial charge >= 0.3 is 0 Å². The number of hydrogen-bond donors (Lipinski definition) is 1. The molecule has 5 heteroatoms. The molecule has 28 heavy (non-hydrogen) atoms. The molecule has 0 fully saturated rings. The minimum absolute atomic E-state index is 0.0668. The molecule has 0 radical (unpaired) electrons. The largest absolute Gasteiger partial charge is 0.354 e. The SMILES string of the molecule is CCC(=O)N(Cc1ccc(Cl)cc1)C(C(=O)NCCC(C)C)c1ccccc1. The summed E-state index contributed by atoms with van der Waals surface area (Å²) in [7, 11) is 0. The van der Waals surface area contributed by atoms with E-state index in [2.05, 4.69) is 19.2 Å². The first-order chi connectivity index (χ1) is 13.4. The number of hydrogen-bond acceptors (Lipinski definition) is 2. The average Bonchev–Trinajstić information content (AvgIpc) is 2.69. The fourth-order valence-corrected chi connectivity index (χ4v) is 3.13. The second kappa shape index (κ2) is 10.9. The fraction of sp³-hybridized carbons (Fsp3) is 0.391. The summed E-state index contributed by atoms with van der Waals surface area (Å²) < 4.78 is 0. The van der Waals surface area contributed by atoms with Crippen molar-refractivity contribution in [1.82, 2.24) is 10.2 Å². The van der Waals surface area contributed by atoms with E-state index in [0.29, 0.717) is 30.5 Å². The van der Waals surface area contributed by atoms with Gasteiger partial charge in [-0.3, -0.25) is 9.59 Å². The van der Waals surface area contributed by atoms with Gasteiger partial charge in [0.15, 0.2) is 0 Å². The van der Waals surface area contributed by atoms with Gasteiger partial charge in [0.05, 0.1) is 0 Å². The van der Waals surface area contributed by atoms with Crippen LogP contribution < -0.4 is 5.32 Å². The molecule has 4 nitrogen and oxygen atoms in total. The second-order valence-corrected chi connectivity index (χ2v) is 7.72. The van der Waals surface area contributed by atoms with Crippen LogP contribution in [0.15, 0.2) is 54.6 Å². The lowest BCUT2D eigenvalue weighted by atomic mass is 10.0. The van der Waals surface area contributed by atoms with E-state index in [1.807, 2.05) is 49.4 Å². The summed E-state index contributed by atoms with van der Waals surface area (Å²) in [6.45, 7) is 6.99. The number of rotatable bonds is 9. The predicted octanol–water partition coefficient (Wildman–Crippen LogP) is 4.98. The Kier molecular flexibility index (Phi) is 8.52. The maximum absolute atomic E-state index is 13.1. The molecule has 2 amide bonds. The van der Waals surface area contributed by atoms with Gasteiger partial charge in [0.2, 0.25) is 11.8 Å². The maximum Gasteiger partial charge on any atom is 0.247 e. The van der Waals surface area contributed by atoms with Gasteiger partial charge in [-0.15, -0.1) is 0 Å². The molecule has 1 N–H and O–H groups in total. The van der Waals surface area contributed by atoms with Crippen molar-refractivity contribution in [3.63, 3.8) is 0 Å². The lowest BCUT2D eigenvalue weighted by molar-refractivity contribution is -0.141. The van der Waals surface area contributed by atoms with E-state index >= 15 is 0 Å². The molecule has 1 atom stereocenters. The standard InChI is InChI=1S/C23H29ClN2O2/c1-4-21(27)26(16-18-10-12-20(24)13-11-18)22(19-8-6-5-7-9-19)23(28)25-15-14-17(2)3/h5-13,17,22H,4,14-16H2,1-3H3,(H,25,28). The van der Waals surface area contributed by atoms with Crippen LogP contribution in [0, 0.1) is 5.92 Å². The monoisotopic (exact) mass is 400 g/mol. The smallest absolute Gasteiger partial charge is 0.247 e. The van der Waals surface area contributed by atoms with Gasteiger partial charge in [0, 0.05) is 24.5 Å². The molecule has 150 valence electrons. The summed E-state index contributed by atoms with van der Waals surface area (Å²) in [5, 5.41) is 3.65. The summed E-state index contributed by atoms with van der Waals surface area (Å²) in [6.07, 6.45) is 1.22. The Bertz CT molecular complexity index is 760. The number of nitrogens with zero attached hydrogens (tertiary/aromatic N) is 1. The van der Waals surface area contributed by atoms with Gasteiger partial charge in [-0.05, 0) is 35.6 Å². The van der Waals surface area contributed by atoms with Gasteiger partial charge in [0.1, 0.15) is 6.04 Å². The first-order valence-corrected chi connectivity index (χ1v) is 10.2. The quantitative estimate of drug-likeness (QED) is 0.645. The highest BCUT2D eigenvalue weighted by atomic mass is 35.5. The highest BCUT2D eigenvalue weighted by molar-refractivity contribution is 6.30. The van der Waals surface area contributed by atoms with Crippen LogP contribution in [-0.2, 0) is 16.1 Å².